The summed E-state index contributed by atoms with van der Waals surface area (Å²) in [5, 5.41) is 36.7. The molecule has 0 fully saturated rings. The van der Waals surface area contributed by atoms with Gasteiger partial charge in [-0.3, -0.25) is 0 Å². The third-order valence-electron chi connectivity index (χ3n) is 1.48. The number of hydrogen-bond donors (Lipinski definition) is 4. The van der Waals surface area contributed by atoms with Gasteiger partial charge in [0.15, 0.2) is 0 Å². The smallest absolute Gasteiger partial charge is 0.0414 e. The average molecular weight is 351 g/mol. The molecule has 0 heterocycles. The van der Waals surface area contributed by atoms with Crippen LogP contribution in [0.25, 0.3) is 0 Å². The van der Waals surface area contributed by atoms with Crippen molar-refractivity contribution in [3.8, 4) is 0 Å². The highest BCUT2D eigenvalue weighted by molar-refractivity contribution is 5.63. The van der Waals surface area contributed by atoms with Crippen LogP contribution in [-0.2, 0) is 4.79 Å². The predicted octanol–water partition coefficient (Wildman–Crippen LogP) is 0.701. The average Bonchev–Trinajstić information content (AvgIpc) is 2.31. The van der Waals surface area contributed by atoms with Crippen LogP contribution in [0.15, 0.2) is 0 Å². The molecule has 0 aliphatic heterocycles. The molecule has 0 amide bonds. The van der Waals surface area contributed by atoms with Crippen LogP contribution in [-0.4, -0.2) is 25.8 Å². The van der Waals surface area contributed by atoms with Crippen LogP contribution in [0.5, 0.6) is 0 Å². The molecule has 0 unspecified atom stereocenters. The third kappa shape index (κ3) is 204. The standard InChI is InChI=1S/C8H16O2.3C2H5O.4H3N/c1-2-3-4-5-6-7-8(9)10;3*1-2-3;;;;/h2-7H2,1H3,(H,9,10);3*2H2,1H3;4*1H3/q;3*-1;;;;/p+3. The molecule has 16 N–H and O–H groups in total. The van der Waals surface area contributed by atoms with E-state index in [-0.39, 0.29) is 50.8 Å². The Labute approximate surface area is 142 Å². The minimum Gasteiger partial charge on any atom is -0.855 e. The minimum atomic E-state index is -0.920. The number of carboxylic acid groups (broad SMARTS) is 1. The van der Waals surface area contributed by atoms with E-state index in [2.05, 4.69) is 6.92 Å². The number of hydrogen-bond acceptors (Lipinski definition) is 5. The summed E-state index contributed by atoms with van der Waals surface area (Å²) in [6.45, 7) is 6.85. The molecular weight excluding hydrogens is 304 g/mol. The molecule has 0 spiro atoms. The highest BCUT2D eigenvalue weighted by Crippen LogP contribution is 2.03. The van der Waals surface area contributed by atoms with Crippen LogP contribution in [0, 0.1) is 0 Å². The first-order chi connectivity index (χ1) is 9.01. The van der Waals surface area contributed by atoms with E-state index in [1.807, 2.05) is 0 Å². The van der Waals surface area contributed by atoms with Gasteiger partial charge in [-0.1, -0.05) is 53.4 Å². The van der Waals surface area contributed by atoms with Crippen molar-refractivity contribution in [2.75, 3.05) is 19.8 Å². The fourth-order valence-electron chi connectivity index (χ4n) is 0.873. The molecule has 0 aromatic heterocycles. The molecule has 23 heavy (non-hydrogen) atoms. The van der Waals surface area contributed by atoms with Crippen molar-refractivity contribution < 1.29 is 25.2 Å². The molecule has 0 saturated carbocycles. The van der Waals surface area contributed by atoms with Crippen LogP contribution < -0.4 is 45.0 Å². The number of carbonyl (C=O) groups is 1. The van der Waals surface area contributed by atoms with Crippen LogP contribution in [0.1, 0.15) is 66.2 Å². The van der Waals surface area contributed by atoms with Crippen LogP contribution >= 0.6 is 0 Å². The monoisotopic (exact) mass is 350 g/mol. The van der Waals surface area contributed by atoms with E-state index in [0.29, 0.717) is 0 Å². The maximum absolute atomic E-state index is 9.92. The fourth-order valence-corrected chi connectivity index (χ4v) is 0.873. The zero-order chi connectivity index (χ0) is 15.9. The summed E-state index contributed by atoms with van der Waals surface area (Å²) in [4.78, 5) is 9.92. The Balaban J connectivity index is -0.0000000248. The Kier molecular flexibility index (Phi) is 148. The Morgan fingerprint density at radius 3 is 1.13 bits per heavy atom. The van der Waals surface area contributed by atoms with Gasteiger partial charge in [0.25, 0.3) is 0 Å². The van der Waals surface area contributed by atoms with Gasteiger partial charge in [-0.25, -0.2) is 0 Å². The van der Waals surface area contributed by atoms with Gasteiger partial charge < -0.3 is 49.8 Å². The zero-order valence-corrected chi connectivity index (χ0v) is 16.9. The van der Waals surface area contributed by atoms with Crippen LogP contribution in [0.4, 0.5) is 0 Å². The number of carboxylic acids is 1. The molecule has 0 atom stereocenters. The topological polar surface area (TPSA) is 255 Å². The van der Waals surface area contributed by atoms with Gasteiger partial charge in [-0.2, -0.15) is 0 Å². The molecule has 0 rings (SSSR count). The number of rotatable bonds is 6. The van der Waals surface area contributed by atoms with E-state index in [1.165, 1.54) is 12.8 Å². The second-order valence-corrected chi connectivity index (χ2v) is 3.40. The van der Waals surface area contributed by atoms with Gasteiger partial charge in [0.1, 0.15) is 0 Å². The normalized spacial score (nSPS) is 6.57. The lowest BCUT2D eigenvalue weighted by molar-refractivity contribution is -0.362. The van der Waals surface area contributed by atoms with Gasteiger partial charge in [0, 0.05) is 5.97 Å². The van der Waals surface area contributed by atoms with Crippen molar-refractivity contribution in [2.24, 2.45) is 0 Å². The Hall–Kier alpha value is -0.810. The van der Waals surface area contributed by atoms with Crippen molar-refractivity contribution in [2.45, 2.75) is 66.2 Å². The van der Waals surface area contributed by atoms with Gasteiger partial charge in [0.2, 0.25) is 0 Å². The number of carbonyl (C=O) groups excluding carboxylic acids is 1. The van der Waals surface area contributed by atoms with Crippen molar-refractivity contribution in [3.63, 3.8) is 0 Å². The molecule has 0 radical (unpaired) electrons. The predicted molar refractivity (Wildman–Crippen MR) is 93.9 cm³/mol. The third-order valence-corrected chi connectivity index (χ3v) is 1.48. The highest BCUT2D eigenvalue weighted by atomic mass is 16.4. The van der Waals surface area contributed by atoms with Gasteiger partial charge in [0.05, 0.1) is 0 Å². The minimum absolute atomic E-state index is 0. The first kappa shape index (κ1) is 49.5. The summed E-state index contributed by atoms with van der Waals surface area (Å²) >= 11 is 0. The van der Waals surface area contributed by atoms with E-state index in [4.69, 9.17) is 15.3 Å². The second kappa shape index (κ2) is 69.0. The summed E-state index contributed by atoms with van der Waals surface area (Å²) in [7, 11) is 0. The molecule has 9 nitrogen and oxygen atoms in total. The van der Waals surface area contributed by atoms with Crippen molar-refractivity contribution in [3.05, 3.63) is 0 Å². The number of unbranched alkanes of at least 4 members (excludes halogenated alkanes) is 4. The Bertz CT molecular complexity index is 140. The zero-order valence-electron chi connectivity index (χ0n) is 16.9. The van der Waals surface area contributed by atoms with Crippen molar-refractivity contribution >= 4 is 5.97 Å². The van der Waals surface area contributed by atoms with Crippen molar-refractivity contribution in [1.82, 2.24) is 24.6 Å². The SMILES string of the molecule is CCCCCCCC(=O)[O-].CC[O-].CC[O-].CC[O-].[NH4+].[NH4+].[NH4+].[NH4+]. The molecule has 0 aromatic rings. The summed E-state index contributed by atoms with van der Waals surface area (Å²) in [6, 6.07) is 0. The Morgan fingerprint density at radius 1 is 0.652 bits per heavy atom. The first-order valence-electron chi connectivity index (χ1n) is 6.96. The molecule has 0 bridgehead atoms. The second-order valence-electron chi connectivity index (χ2n) is 3.40. The maximum Gasteiger partial charge on any atom is 0.0414 e. The summed E-state index contributed by atoms with van der Waals surface area (Å²) in [6.07, 6.45) is 5.61. The fraction of sp³-hybridized carbons (Fsp3) is 0.929. The molecule has 0 saturated heterocycles. The lowest BCUT2D eigenvalue weighted by Gasteiger charge is -2.00. The molecule has 0 aliphatic carbocycles. The maximum atomic E-state index is 9.92. The van der Waals surface area contributed by atoms with E-state index in [9.17, 15) is 9.90 Å². The van der Waals surface area contributed by atoms with E-state index in [0.717, 1.165) is 19.3 Å². The van der Waals surface area contributed by atoms with Gasteiger partial charge in [-0.15, -0.1) is 19.8 Å². The largest absolute Gasteiger partial charge is 0.855 e. The summed E-state index contributed by atoms with van der Waals surface area (Å²) in [5.41, 5.74) is 0. The number of aliphatic carboxylic acids is 1. The molecular formula is C14H46N4O5. The van der Waals surface area contributed by atoms with Crippen LogP contribution in [0.3, 0.4) is 0 Å². The summed E-state index contributed by atoms with van der Waals surface area (Å²) in [5.74, 6) is -0.920. The number of quaternary nitrogens is 4. The quantitative estimate of drug-likeness (QED) is 0.502. The highest BCUT2D eigenvalue weighted by Gasteiger charge is 1.88. The van der Waals surface area contributed by atoms with Gasteiger partial charge in [-0.05, 0) is 12.8 Å². The lowest BCUT2D eigenvalue weighted by Crippen LogP contribution is -2.21. The first-order valence-corrected chi connectivity index (χ1v) is 6.96. The van der Waals surface area contributed by atoms with Gasteiger partial charge >= 0.3 is 0 Å². The Morgan fingerprint density at radius 2 is 0.913 bits per heavy atom. The molecule has 152 valence electrons. The summed E-state index contributed by atoms with van der Waals surface area (Å²) < 4.78 is 0. The van der Waals surface area contributed by atoms with E-state index < -0.39 is 5.97 Å². The molecule has 0 aromatic carbocycles. The molecule has 0 aliphatic rings. The van der Waals surface area contributed by atoms with Crippen molar-refractivity contribution in [1.29, 1.82) is 0 Å². The van der Waals surface area contributed by atoms with E-state index in [1.54, 1.807) is 20.8 Å². The van der Waals surface area contributed by atoms with Crippen LogP contribution in [0.2, 0.25) is 0 Å². The lowest BCUT2D eigenvalue weighted by atomic mass is 10.1. The van der Waals surface area contributed by atoms with E-state index >= 15 is 0 Å². The molecule has 9 heteroatoms.